The third-order valence-corrected chi connectivity index (χ3v) is 2.53. The normalized spacial score (nSPS) is 16.0. The Labute approximate surface area is 82.2 Å². The first kappa shape index (κ1) is 8.94. The Morgan fingerprint density at radius 1 is 1.14 bits per heavy atom. The molecule has 1 aliphatic rings. The minimum absolute atomic E-state index is 0.241. The maximum Gasteiger partial charge on any atom is 0.250 e. The van der Waals surface area contributed by atoms with Crippen LogP contribution >= 0.6 is 0 Å². The lowest BCUT2D eigenvalue weighted by atomic mass is 10.1. The molecule has 0 atom stereocenters. The van der Waals surface area contributed by atoms with Crippen LogP contribution in [0.2, 0.25) is 0 Å². The van der Waals surface area contributed by atoms with Crippen molar-refractivity contribution in [3.05, 3.63) is 51.7 Å². The molecule has 0 aliphatic heterocycles. The molecule has 0 saturated heterocycles. The summed E-state index contributed by atoms with van der Waals surface area (Å²) in [6, 6.07) is 9.62. The number of nitrogens with zero attached hydrogens (tertiary/aromatic N) is 1. The zero-order chi connectivity index (χ0) is 9.97. The Bertz CT molecular complexity index is 382. The first-order chi connectivity index (χ1) is 6.79. The SMILES string of the molecule is O=[N+]([O-])C1=C(c2ccccc2)CCC1. The molecular weight excluding hydrogens is 178 g/mol. The highest BCUT2D eigenvalue weighted by molar-refractivity contribution is 5.68. The lowest BCUT2D eigenvalue weighted by Gasteiger charge is -2.00. The average molecular weight is 189 g/mol. The van der Waals surface area contributed by atoms with Crippen LogP contribution in [0.3, 0.4) is 0 Å². The van der Waals surface area contributed by atoms with E-state index in [1.807, 2.05) is 30.3 Å². The van der Waals surface area contributed by atoms with Crippen LogP contribution in [0.4, 0.5) is 0 Å². The topological polar surface area (TPSA) is 43.1 Å². The minimum atomic E-state index is -0.241. The Kier molecular flexibility index (Phi) is 2.31. The van der Waals surface area contributed by atoms with Crippen LogP contribution in [0.5, 0.6) is 0 Å². The molecule has 1 aromatic carbocycles. The largest absolute Gasteiger partial charge is 0.259 e. The van der Waals surface area contributed by atoms with Crippen molar-refractivity contribution in [2.24, 2.45) is 0 Å². The average Bonchev–Trinajstić information content (AvgIpc) is 2.67. The van der Waals surface area contributed by atoms with E-state index in [9.17, 15) is 10.1 Å². The molecule has 2 rings (SSSR count). The fourth-order valence-corrected chi connectivity index (χ4v) is 1.88. The quantitative estimate of drug-likeness (QED) is 0.530. The van der Waals surface area contributed by atoms with Crippen molar-refractivity contribution >= 4 is 5.57 Å². The smallest absolute Gasteiger partial charge is 0.250 e. The third-order valence-electron chi connectivity index (χ3n) is 2.53. The molecule has 0 saturated carbocycles. The summed E-state index contributed by atoms with van der Waals surface area (Å²) in [5.74, 6) is 0. The molecule has 3 nitrogen and oxygen atoms in total. The molecule has 0 heterocycles. The number of hydrogen-bond donors (Lipinski definition) is 0. The van der Waals surface area contributed by atoms with E-state index >= 15 is 0 Å². The lowest BCUT2D eigenvalue weighted by molar-refractivity contribution is -0.425. The van der Waals surface area contributed by atoms with Crippen LogP contribution in [-0.2, 0) is 0 Å². The van der Waals surface area contributed by atoms with Crippen LogP contribution in [-0.4, -0.2) is 4.92 Å². The van der Waals surface area contributed by atoms with Gasteiger partial charge in [0.25, 0.3) is 0 Å². The highest BCUT2D eigenvalue weighted by Gasteiger charge is 2.24. The van der Waals surface area contributed by atoms with E-state index in [1.54, 1.807) is 0 Å². The maximum absolute atomic E-state index is 10.7. The maximum atomic E-state index is 10.7. The van der Waals surface area contributed by atoms with E-state index in [-0.39, 0.29) is 4.92 Å². The zero-order valence-corrected chi connectivity index (χ0v) is 7.77. The number of benzene rings is 1. The van der Waals surface area contributed by atoms with Gasteiger partial charge in [-0.25, -0.2) is 0 Å². The first-order valence-electron chi connectivity index (χ1n) is 4.71. The van der Waals surface area contributed by atoms with Gasteiger partial charge in [0, 0.05) is 12.0 Å². The van der Waals surface area contributed by atoms with Gasteiger partial charge >= 0.3 is 0 Å². The fraction of sp³-hybridized carbons (Fsp3) is 0.273. The molecule has 0 fully saturated rings. The van der Waals surface area contributed by atoms with E-state index < -0.39 is 0 Å². The van der Waals surface area contributed by atoms with Gasteiger partial charge in [-0.3, -0.25) is 10.1 Å². The molecule has 0 bridgehead atoms. The van der Waals surface area contributed by atoms with Crippen molar-refractivity contribution in [1.82, 2.24) is 0 Å². The molecular formula is C11H11NO2. The van der Waals surface area contributed by atoms with Crippen molar-refractivity contribution in [3.8, 4) is 0 Å². The molecule has 1 aliphatic carbocycles. The van der Waals surface area contributed by atoms with Gasteiger partial charge in [0.1, 0.15) is 0 Å². The summed E-state index contributed by atoms with van der Waals surface area (Å²) < 4.78 is 0. The zero-order valence-electron chi connectivity index (χ0n) is 7.77. The predicted octanol–water partition coefficient (Wildman–Crippen LogP) is 2.86. The Morgan fingerprint density at radius 2 is 1.86 bits per heavy atom. The number of hydrogen-bond acceptors (Lipinski definition) is 2. The Hall–Kier alpha value is -1.64. The van der Waals surface area contributed by atoms with Crippen LogP contribution < -0.4 is 0 Å². The predicted molar refractivity (Wildman–Crippen MR) is 54.2 cm³/mol. The van der Waals surface area contributed by atoms with Gasteiger partial charge < -0.3 is 0 Å². The summed E-state index contributed by atoms with van der Waals surface area (Å²) in [7, 11) is 0. The van der Waals surface area contributed by atoms with Gasteiger partial charge in [-0.1, -0.05) is 30.3 Å². The van der Waals surface area contributed by atoms with Crippen LogP contribution in [0.1, 0.15) is 24.8 Å². The van der Waals surface area contributed by atoms with E-state index in [0.29, 0.717) is 12.1 Å². The summed E-state index contributed by atoms with van der Waals surface area (Å²) in [4.78, 5) is 10.5. The number of allylic oxidation sites excluding steroid dienone is 2. The van der Waals surface area contributed by atoms with Gasteiger partial charge in [-0.15, -0.1) is 0 Å². The van der Waals surface area contributed by atoms with Gasteiger partial charge in [0.05, 0.1) is 4.92 Å². The van der Waals surface area contributed by atoms with Gasteiger partial charge in [-0.2, -0.15) is 0 Å². The second-order valence-electron chi connectivity index (χ2n) is 3.40. The second kappa shape index (κ2) is 3.62. The summed E-state index contributed by atoms with van der Waals surface area (Å²) in [6.07, 6.45) is 2.35. The highest BCUT2D eigenvalue weighted by atomic mass is 16.6. The van der Waals surface area contributed by atoms with Gasteiger partial charge in [-0.05, 0) is 18.4 Å². The fourth-order valence-electron chi connectivity index (χ4n) is 1.88. The molecule has 0 aromatic heterocycles. The second-order valence-corrected chi connectivity index (χ2v) is 3.40. The summed E-state index contributed by atoms with van der Waals surface area (Å²) in [5, 5.41) is 10.7. The van der Waals surface area contributed by atoms with Crippen LogP contribution in [0, 0.1) is 10.1 Å². The molecule has 72 valence electrons. The molecule has 3 heteroatoms. The van der Waals surface area contributed by atoms with Crippen LogP contribution in [0.25, 0.3) is 5.57 Å². The van der Waals surface area contributed by atoms with Crippen molar-refractivity contribution < 1.29 is 4.92 Å². The molecule has 14 heavy (non-hydrogen) atoms. The van der Waals surface area contributed by atoms with Crippen molar-refractivity contribution in [2.75, 3.05) is 0 Å². The monoisotopic (exact) mass is 189 g/mol. The first-order valence-corrected chi connectivity index (χ1v) is 4.71. The molecule has 0 amide bonds. The van der Waals surface area contributed by atoms with Crippen LogP contribution in [0.15, 0.2) is 36.0 Å². The van der Waals surface area contributed by atoms with Crippen molar-refractivity contribution in [3.63, 3.8) is 0 Å². The van der Waals surface area contributed by atoms with Gasteiger partial charge in [0.15, 0.2) is 0 Å². The van der Waals surface area contributed by atoms with Crippen molar-refractivity contribution in [1.29, 1.82) is 0 Å². The number of nitro groups is 1. The summed E-state index contributed by atoms with van der Waals surface area (Å²) in [5.41, 5.74) is 2.31. The van der Waals surface area contributed by atoms with E-state index in [0.717, 1.165) is 24.0 Å². The van der Waals surface area contributed by atoms with E-state index in [1.165, 1.54) is 0 Å². The Balaban J connectivity index is 2.43. The van der Waals surface area contributed by atoms with E-state index in [2.05, 4.69) is 0 Å². The molecule has 0 radical (unpaired) electrons. The lowest BCUT2D eigenvalue weighted by Crippen LogP contribution is -1.97. The third kappa shape index (κ3) is 1.53. The Morgan fingerprint density at radius 3 is 2.50 bits per heavy atom. The molecule has 0 N–H and O–H groups in total. The summed E-state index contributed by atoms with van der Waals surface area (Å²) >= 11 is 0. The highest BCUT2D eigenvalue weighted by Crippen LogP contribution is 2.33. The molecule has 0 unspecified atom stereocenters. The summed E-state index contributed by atoms with van der Waals surface area (Å²) in [6.45, 7) is 0. The van der Waals surface area contributed by atoms with Crippen molar-refractivity contribution in [2.45, 2.75) is 19.3 Å². The number of rotatable bonds is 2. The standard InChI is InChI=1S/C11H11NO2/c13-12(14)11-8-4-7-10(11)9-5-2-1-3-6-9/h1-3,5-6H,4,7-8H2. The van der Waals surface area contributed by atoms with E-state index in [4.69, 9.17) is 0 Å². The van der Waals surface area contributed by atoms with Gasteiger partial charge in [0.2, 0.25) is 5.70 Å². The molecule has 0 spiro atoms. The minimum Gasteiger partial charge on any atom is -0.259 e. The molecule has 1 aromatic rings.